The molecule has 1 heterocycles. The average molecular weight is 357 g/mol. The molecular formula is C18H17ClN4O2. The first-order valence-corrected chi connectivity index (χ1v) is 8.12. The number of hydrogen-bond acceptors (Lipinski definition) is 3. The smallest absolute Gasteiger partial charge is 0.319 e. The molecule has 0 unspecified atom stereocenters. The number of rotatable bonds is 6. The molecule has 0 bridgehead atoms. The number of carbonyl (C=O) groups excluding carboxylic acids is 1. The molecule has 0 atom stereocenters. The molecule has 0 spiro atoms. The predicted octanol–water partition coefficient (Wildman–Crippen LogP) is 3.73. The van der Waals surface area contributed by atoms with Gasteiger partial charge in [0.2, 0.25) is 0 Å². The number of ether oxygens (including phenoxy) is 1. The van der Waals surface area contributed by atoms with Gasteiger partial charge in [-0.05, 0) is 42.5 Å². The van der Waals surface area contributed by atoms with Crippen LogP contribution in [0.2, 0.25) is 5.02 Å². The molecule has 0 saturated heterocycles. The van der Waals surface area contributed by atoms with E-state index in [2.05, 4.69) is 15.7 Å². The minimum atomic E-state index is -0.299. The van der Waals surface area contributed by atoms with Crippen LogP contribution in [0, 0.1) is 0 Å². The van der Waals surface area contributed by atoms with Crippen LogP contribution < -0.4 is 15.4 Å². The lowest BCUT2D eigenvalue weighted by molar-refractivity contribution is 0.247. The Kier molecular flexibility index (Phi) is 5.53. The Hall–Kier alpha value is -2.99. The SMILES string of the molecule is O=C(NCCOc1cccc(Cl)c1)Nc1cccc(-n2cccn2)c1. The molecule has 25 heavy (non-hydrogen) atoms. The van der Waals surface area contributed by atoms with E-state index in [4.69, 9.17) is 16.3 Å². The lowest BCUT2D eigenvalue weighted by Gasteiger charge is -2.10. The minimum absolute atomic E-state index is 0.299. The van der Waals surface area contributed by atoms with Crippen LogP contribution in [0.25, 0.3) is 5.69 Å². The summed E-state index contributed by atoms with van der Waals surface area (Å²) in [6.45, 7) is 0.721. The first-order valence-electron chi connectivity index (χ1n) is 7.74. The first kappa shape index (κ1) is 16.9. The molecule has 128 valence electrons. The van der Waals surface area contributed by atoms with E-state index in [1.165, 1.54) is 0 Å². The van der Waals surface area contributed by atoms with Crippen molar-refractivity contribution in [2.45, 2.75) is 0 Å². The molecule has 2 amide bonds. The molecule has 7 heteroatoms. The van der Waals surface area contributed by atoms with Crippen molar-refractivity contribution >= 4 is 23.3 Å². The topological polar surface area (TPSA) is 68.2 Å². The van der Waals surface area contributed by atoms with Gasteiger partial charge < -0.3 is 15.4 Å². The molecule has 0 aliphatic heterocycles. The van der Waals surface area contributed by atoms with E-state index >= 15 is 0 Å². The van der Waals surface area contributed by atoms with Gasteiger partial charge in [-0.3, -0.25) is 0 Å². The molecular weight excluding hydrogens is 340 g/mol. The Balaban J connectivity index is 1.46. The summed E-state index contributed by atoms with van der Waals surface area (Å²) in [4.78, 5) is 12.0. The van der Waals surface area contributed by atoms with Gasteiger partial charge in [-0.2, -0.15) is 5.10 Å². The predicted molar refractivity (Wildman–Crippen MR) is 97.5 cm³/mol. The van der Waals surface area contributed by atoms with Crippen LogP contribution in [0.4, 0.5) is 10.5 Å². The second-order valence-corrected chi connectivity index (χ2v) is 5.62. The summed E-state index contributed by atoms with van der Waals surface area (Å²) >= 11 is 5.88. The van der Waals surface area contributed by atoms with E-state index in [1.54, 1.807) is 23.0 Å². The number of benzene rings is 2. The fourth-order valence-corrected chi connectivity index (χ4v) is 2.39. The number of hydrogen-bond donors (Lipinski definition) is 2. The Labute approximate surface area is 150 Å². The van der Waals surface area contributed by atoms with E-state index in [-0.39, 0.29) is 6.03 Å². The molecule has 0 fully saturated rings. The average Bonchev–Trinajstić information content (AvgIpc) is 3.14. The lowest BCUT2D eigenvalue weighted by atomic mass is 10.3. The van der Waals surface area contributed by atoms with Crippen LogP contribution >= 0.6 is 11.6 Å². The second kappa shape index (κ2) is 8.21. The van der Waals surface area contributed by atoms with Crippen molar-refractivity contribution in [2.24, 2.45) is 0 Å². The first-order chi connectivity index (χ1) is 12.2. The Morgan fingerprint density at radius 1 is 1.16 bits per heavy atom. The number of amides is 2. The molecule has 0 saturated carbocycles. The number of anilines is 1. The van der Waals surface area contributed by atoms with Crippen molar-refractivity contribution < 1.29 is 9.53 Å². The van der Waals surface area contributed by atoms with Gasteiger partial charge in [0.15, 0.2) is 0 Å². The van der Waals surface area contributed by atoms with Crippen LogP contribution in [0.15, 0.2) is 67.0 Å². The van der Waals surface area contributed by atoms with Crippen molar-refractivity contribution in [1.82, 2.24) is 15.1 Å². The summed E-state index contributed by atoms with van der Waals surface area (Å²) < 4.78 is 7.24. The summed E-state index contributed by atoms with van der Waals surface area (Å²) in [5.74, 6) is 0.668. The number of nitrogens with zero attached hydrogens (tertiary/aromatic N) is 2. The number of aromatic nitrogens is 2. The maximum Gasteiger partial charge on any atom is 0.319 e. The third kappa shape index (κ3) is 4.99. The van der Waals surface area contributed by atoms with E-state index < -0.39 is 0 Å². The molecule has 6 nitrogen and oxygen atoms in total. The zero-order valence-electron chi connectivity index (χ0n) is 13.4. The highest BCUT2D eigenvalue weighted by molar-refractivity contribution is 6.30. The fraction of sp³-hybridized carbons (Fsp3) is 0.111. The van der Waals surface area contributed by atoms with Gasteiger partial charge in [-0.1, -0.05) is 23.7 Å². The number of halogens is 1. The monoisotopic (exact) mass is 356 g/mol. The number of nitrogens with one attached hydrogen (secondary N) is 2. The van der Waals surface area contributed by atoms with Gasteiger partial charge in [0.1, 0.15) is 12.4 Å². The van der Waals surface area contributed by atoms with E-state index in [1.807, 2.05) is 48.7 Å². The third-order valence-corrected chi connectivity index (χ3v) is 3.56. The number of carbonyl (C=O) groups is 1. The molecule has 2 aromatic carbocycles. The zero-order valence-corrected chi connectivity index (χ0v) is 14.1. The van der Waals surface area contributed by atoms with Gasteiger partial charge in [-0.25, -0.2) is 9.48 Å². The van der Waals surface area contributed by atoms with E-state index in [0.717, 1.165) is 5.69 Å². The Morgan fingerprint density at radius 3 is 2.84 bits per heavy atom. The maximum absolute atomic E-state index is 12.0. The van der Waals surface area contributed by atoms with Gasteiger partial charge in [-0.15, -0.1) is 0 Å². The van der Waals surface area contributed by atoms with Crippen LogP contribution in [0.3, 0.4) is 0 Å². The van der Waals surface area contributed by atoms with Crippen molar-refractivity contribution in [2.75, 3.05) is 18.5 Å². The van der Waals surface area contributed by atoms with E-state index in [9.17, 15) is 4.79 Å². The molecule has 3 aromatic rings. The molecule has 0 aliphatic rings. The van der Waals surface area contributed by atoms with Crippen LogP contribution in [-0.4, -0.2) is 29.0 Å². The standard InChI is InChI=1S/C18H17ClN4O2/c19-14-4-1-7-17(12-14)25-11-9-20-18(24)22-15-5-2-6-16(13-15)23-10-3-8-21-23/h1-8,10,12-13H,9,11H2,(H2,20,22,24). The maximum atomic E-state index is 12.0. The second-order valence-electron chi connectivity index (χ2n) is 5.19. The van der Waals surface area contributed by atoms with Crippen LogP contribution in [-0.2, 0) is 0 Å². The van der Waals surface area contributed by atoms with Crippen molar-refractivity contribution in [1.29, 1.82) is 0 Å². The molecule has 1 aromatic heterocycles. The van der Waals surface area contributed by atoms with E-state index in [0.29, 0.717) is 29.6 Å². The van der Waals surface area contributed by atoms with Gasteiger partial charge >= 0.3 is 6.03 Å². The molecule has 2 N–H and O–H groups in total. The van der Waals surface area contributed by atoms with Crippen LogP contribution in [0.1, 0.15) is 0 Å². The summed E-state index contributed by atoms with van der Waals surface area (Å²) in [5, 5.41) is 10.3. The zero-order chi connectivity index (χ0) is 17.5. The Morgan fingerprint density at radius 2 is 2.04 bits per heavy atom. The Bertz CT molecular complexity index is 837. The van der Waals surface area contributed by atoms with Crippen molar-refractivity contribution in [3.05, 3.63) is 72.0 Å². The molecule has 0 aliphatic carbocycles. The fourth-order valence-electron chi connectivity index (χ4n) is 2.21. The van der Waals surface area contributed by atoms with Crippen LogP contribution in [0.5, 0.6) is 5.75 Å². The molecule has 3 rings (SSSR count). The van der Waals surface area contributed by atoms with Gasteiger partial charge in [0.25, 0.3) is 0 Å². The highest BCUT2D eigenvalue weighted by Gasteiger charge is 2.03. The van der Waals surface area contributed by atoms with Crippen molar-refractivity contribution in [3.8, 4) is 11.4 Å². The highest BCUT2D eigenvalue weighted by Crippen LogP contribution is 2.17. The largest absolute Gasteiger partial charge is 0.492 e. The minimum Gasteiger partial charge on any atom is -0.492 e. The third-order valence-electron chi connectivity index (χ3n) is 3.33. The normalized spacial score (nSPS) is 10.3. The summed E-state index contributed by atoms with van der Waals surface area (Å²) in [7, 11) is 0. The lowest BCUT2D eigenvalue weighted by Crippen LogP contribution is -2.32. The quantitative estimate of drug-likeness (QED) is 0.661. The summed E-state index contributed by atoms with van der Waals surface area (Å²) in [5.41, 5.74) is 1.55. The number of urea groups is 1. The van der Waals surface area contributed by atoms with Gasteiger partial charge in [0.05, 0.1) is 12.2 Å². The van der Waals surface area contributed by atoms with Crippen molar-refractivity contribution in [3.63, 3.8) is 0 Å². The highest BCUT2D eigenvalue weighted by atomic mass is 35.5. The summed E-state index contributed by atoms with van der Waals surface area (Å²) in [6.07, 6.45) is 3.54. The molecule has 0 radical (unpaired) electrons. The summed E-state index contributed by atoms with van der Waals surface area (Å²) in [6, 6.07) is 16.1. The van der Waals surface area contributed by atoms with Gasteiger partial charge in [0, 0.05) is 23.1 Å².